The van der Waals surface area contributed by atoms with Crippen molar-refractivity contribution in [1.82, 2.24) is 9.88 Å². The lowest BCUT2D eigenvalue weighted by atomic mass is 9.95. The Labute approximate surface area is 323 Å². The fraction of sp³-hybridized carbons (Fsp3) is 0.256. The quantitative estimate of drug-likeness (QED) is 0.0881. The summed E-state index contributed by atoms with van der Waals surface area (Å²) in [6, 6.07) is 25.7. The maximum Gasteiger partial charge on any atom is 0.354 e. The van der Waals surface area contributed by atoms with E-state index < -0.39 is 17.8 Å². The molecule has 6 rings (SSSR count). The van der Waals surface area contributed by atoms with Gasteiger partial charge in [-0.05, 0) is 130 Å². The monoisotopic (exact) mass is 758 g/mol. The van der Waals surface area contributed by atoms with E-state index >= 15 is 0 Å². The molecule has 0 fully saturated rings. The van der Waals surface area contributed by atoms with Crippen LogP contribution in [0.2, 0.25) is 0 Å². The third-order valence-electron chi connectivity index (χ3n) is 9.58. The van der Waals surface area contributed by atoms with Crippen molar-refractivity contribution in [2.24, 2.45) is 0 Å². The Morgan fingerprint density at radius 3 is 2.05 bits per heavy atom. The summed E-state index contributed by atoms with van der Waals surface area (Å²) in [7, 11) is 0. The van der Waals surface area contributed by atoms with Crippen molar-refractivity contribution < 1.29 is 34.2 Å². The molecule has 0 saturated carbocycles. The van der Waals surface area contributed by atoms with Gasteiger partial charge in [0.15, 0.2) is 0 Å². The molecule has 1 aliphatic carbocycles. The zero-order valence-electron chi connectivity index (χ0n) is 30.6. The molecule has 3 aromatic carbocycles. The van der Waals surface area contributed by atoms with Crippen LogP contribution in [-0.4, -0.2) is 55.8 Å². The number of carbonyl (C=O) groups is 5. The molecule has 2 heterocycles. The summed E-state index contributed by atoms with van der Waals surface area (Å²) in [5, 5.41) is 25.0. The fourth-order valence-corrected chi connectivity index (χ4v) is 7.93. The van der Waals surface area contributed by atoms with E-state index in [9.17, 15) is 29.1 Å². The molecule has 11 nitrogen and oxygen atoms in total. The highest BCUT2D eigenvalue weighted by atomic mass is 32.1. The number of carbonyl (C=O) groups excluding carboxylic acids is 3. The van der Waals surface area contributed by atoms with Crippen LogP contribution in [0.4, 0.5) is 10.7 Å². The summed E-state index contributed by atoms with van der Waals surface area (Å²) in [6.07, 6.45) is 6.10. The molecule has 3 amide bonds. The van der Waals surface area contributed by atoms with E-state index in [2.05, 4.69) is 15.6 Å². The second kappa shape index (κ2) is 17.3. The van der Waals surface area contributed by atoms with Gasteiger partial charge in [0.2, 0.25) is 0 Å². The zero-order chi connectivity index (χ0) is 39.1. The van der Waals surface area contributed by atoms with E-state index in [0.717, 1.165) is 66.5 Å². The number of nitrogens with one attached hydrogen (secondary N) is 2. The second-order valence-corrected chi connectivity index (χ2v) is 14.9. The number of fused-ring (bicyclic) bond motifs is 1. The number of thiophene rings is 1. The van der Waals surface area contributed by atoms with Gasteiger partial charge in [-0.15, -0.1) is 11.3 Å². The van der Waals surface area contributed by atoms with Gasteiger partial charge in [0, 0.05) is 28.7 Å². The first-order chi connectivity index (χ1) is 26.5. The number of carboxylic acids is 2. The van der Waals surface area contributed by atoms with Crippen LogP contribution < -0.4 is 10.6 Å². The first kappa shape index (κ1) is 38.6. The molecule has 0 spiro atoms. The molecule has 0 aliphatic heterocycles. The molecular formula is C43H42N4O7S. The van der Waals surface area contributed by atoms with Crippen molar-refractivity contribution in [3.8, 4) is 0 Å². The van der Waals surface area contributed by atoms with Crippen LogP contribution in [0.3, 0.4) is 0 Å². The number of aryl methyl sites for hydroxylation is 3. The second-order valence-electron chi connectivity index (χ2n) is 13.8. The first-order valence-electron chi connectivity index (χ1n) is 18.3. The Hall–Kier alpha value is -6.14. The lowest BCUT2D eigenvalue weighted by Gasteiger charge is -2.27. The van der Waals surface area contributed by atoms with Gasteiger partial charge in [-0.3, -0.25) is 14.4 Å². The van der Waals surface area contributed by atoms with Gasteiger partial charge in [-0.1, -0.05) is 42.5 Å². The minimum atomic E-state index is -1.22. The van der Waals surface area contributed by atoms with Gasteiger partial charge in [-0.25, -0.2) is 14.6 Å². The predicted octanol–water partition coefficient (Wildman–Crippen LogP) is 8.15. The first-order valence-corrected chi connectivity index (χ1v) is 19.1. The van der Waals surface area contributed by atoms with Gasteiger partial charge in [0.1, 0.15) is 16.4 Å². The predicted molar refractivity (Wildman–Crippen MR) is 211 cm³/mol. The number of anilines is 2. The molecule has 0 unspecified atom stereocenters. The normalized spacial score (nSPS) is 12.1. The molecule has 5 aromatic rings. The van der Waals surface area contributed by atoms with Gasteiger partial charge < -0.3 is 25.7 Å². The summed E-state index contributed by atoms with van der Waals surface area (Å²) in [5.74, 6) is -3.25. The molecule has 282 valence electrons. The maximum atomic E-state index is 13.9. The number of aromatic carboxylic acids is 2. The molecule has 55 heavy (non-hydrogen) atoms. The highest BCUT2D eigenvalue weighted by Crippen LogP contribution is 2.39. The van der Waals surface area contributed by atoms with E-state index in [1.165, 1.54) is 29.5 Å². The lowest BCUT2D eigenvalue weighted by molar-refractivity contribution is 0.0672. The summed E-state index contributed by atoms with van der Waals surface area (Å²) in [4.78, 5) is 70.3. The average Bonchev–Trinajstić information content (AvgIpc) is 3.55. The van der Waals surface area contributed by atoms with Crippen LogP contribution in [0.15, 0.2) is 91.0 Å². The van der Waals surface area contributed by atoms with E-state index in [1.54, 1.807) is 35.2 Å². The number of benzene rings is 3. The summed E-state index contributed by atoms with van der Waals surface area (Å²) < 4.78 is 0. The number of rotatable bonds is 14. The summed E-state index contributed by atoms with van der Waals surface area (Å²) >= 11 is 1.44. The average molecular weight is 759 g/mol. The molecule has 0 atom stereocenters. The van der Waals surface area contributed by atoms with Crippen LogP contribution in [0.25, 0.3) is 0 Å². The molecule has 0 radical (unpaired) electrons. The number of nitrogens with zero attached hydrogens (tertiary/aromatic N) is 2. The largest absolute Gasteiger partial charge is 0.478 e. The van der Waals surface area contributed by atoms with E-state index in [-0.39, 0.29) is 41.4 Å². The lowest BCUT2D eigenvalue weighted by Crippen LogP contribution is -2.37. The van der Waals surface area contributed by atoms with Crippen molar-refractivity contribution in [2.75, 3.05) is 10.6 Å². The molecule has 0 bridgehead atoms. The van der Waals surface area contributed by atoms with Gasteiger partial charge in [0.25, 0.3) is 17.7 Å². The number of amides is 3. The number of pyridine rings is 1. The van der Waals surface area contributed by atoms with Crippen LogP contribution in [-0.2, 0) is 32.2 Å². The Bertz CT molecular complexity index is 2230. The van der Waals surface area contributed by atoms with Crippen LogP contribution in [0, 0.1) is 0 Å². The standard InChI is InChI=1S/C43H42N4O7S/c1-26(2)47(41(50)34-13-7-14-35(45-34)43(53)54)25-29-10-6-11-31(24-29)38(48)46-40-37(33-12-3-4-15-36(33)55-40)39(49)44-32-22-18-28(19-23-32)9-5-8-27-16-20-30(21-17-27)42(51)52/h6-7,10-11,13-14,16-24,26H,3-5,8-9,12,15,25H2,1-2H3,(H,44,49)(H,46,48)(H,51,52)(H,53,54). The molecule has 0 saturated heterocycles. The van der Waals surface area contributed by atoms with E-state index in [1.807, 2.05) is 56.3 Å². The Morgan fingerprint density at radius 1 is 0.727 bits per heavy atom. The van der Waals surface area contributed by atoms with Gasteiger partial charge >= 0.3 is 11.9 Å². The SMILES string of the molecule is CC(C)N(Cc1cccc(C(=O)Nc2sc3c(c2C(=O)Nc2ccc(CCCc4ccc(C(=O)O)cc4)cc2)CCCC3)c1)C(=O)c1cccc(C(=O)O)n1. The van der Waals surface area contributed by atoms with Crippen molar-refractivity contribution in [3.63, 3.8) is 0 Å². The van der Waals surface area contributed by atoms with Crippen molar-refractivity contribution in [1.29, 1.82) is 0 Å². The van der Waals surface area contributed by atoms with Crippen LogP contribution in [0.1, 0.15) is 112 Å². The maximum absolute atomic E-state index is 13.9. The number of hydrogen-bond donors (Lipinski definition) is 4. The molecule has 2 aromatic heterocycles. The summed E-state index contributed by atoms with van der Waals surface area (Å²) in [5.41, 5.74) is 5.43. The van der Waals surface area contributed by atoms with Crippen molar-refractivity contribution in [3.05, 3.63) is 146 Å². The van der Waals surface area contributed by atoms with E-state index in [4.69, 9.17) is 5.11 Å². The highest BCUT2D eigenvalue weighted by Gasteiger charge is 2.27. The number of hydrogen-bond acceptors (Lipinski definition) is 7. The number of carboxylic acid groups (broad SMARTS) is 2. The Kier molecular flexibility index (Phi) is 12.2. The molecule has 4 N–H and O–H groups in total. The van der Waals surface area contributed by atoms with Gasteiger partial charge in [-0.2, -0.15) is 0 Å². The smallest absolute Gasteiger partial charge is 0.354 e. The molecule has 12 heteroatoms. The number of aromatic nitrogens is 1. The molecular weight excluding hydrogens is 717 g/mol. The van der Waals surface area contributed by atoms with Crippen molar-refractivity contribution in [2.45, 2.75) is 71.4 Å². The molecule has 1 aliphatic rings. The van der Waals surface area contributed by atoms with Crippen LogP contribution in [0.5, 0.6) is 0 Å². The fourth-order valence-electron chi connectivity index (χ4n) is 6.64. The Morgan fingerprint density at radius 2 is 1.38 bits per heavy atom. The summed E-state index contributed by atoms with van der Waals surface area (Å²) in [6.45, 7) is 3.87. The third-order valence-corrected chi connectivity index (χ3v) is 10.8. The Balaban J connectivity index is 1.12. The minimum absolute atomic E-state index is 0.0185. The van der Waals surface area contributed by atoms with E-state index in [0.29, 0.717) is 27.4 Å². The van der Waals surface area contributed by atoms with Crippen LogP contribution >= 0.6 is 11.3 Å². The minimum Gasteiger partial charge on any atom is -0.478 e. The highest BCUT2D eigenvalue weighted by molar-refractivity contribution is 7.17. The topological polar surface area (TPSA) is 166 Å². The third kappa shape index (κ3) is 9.51. The zero-order valence-corrected chi connectivity index (χ0v) is 31.4. The van der Waals surface area contributed by atoms with Gasteiger partial charge in [0.05, 0.1) is 11.1 Å². The van der Waals surface area contributed by atoms with Crippen molar-refractivity contribution >= 4 is 51.7 Å².